The predicted molar refractivity (Wildman–Crippen MR) is 80.3 cm³/mol. The highest BCUT2D eigenvalue weighted by Gasteiger charge is 2.07. The lowest BCUT2D eigenvalue weighted by molar-refractivity contribution is 0.195. The summed E-state index contributed by atoms with van der Waals surface area (Å²) in [5.41, 5.74) is 1.36. The van der Waals surface area contributed by atoms with Crippen LogP contribution in [0.4, 0.5) is 0 Å². The van der Waals surface area contributed by atoms with E-state index >= 15 is 0 Å². The van der Waals surface area contributed by atoms with Gasteiger partial charge >= 0.3 is 0 Å². The fourth-order valence-electron chi connectivity index (χ4n) is 1.86. The Morgan fingerprint density at radius 3 is 2.78 bits per heavy atom. The van der Waals surface area contributed by atoms with Crippen LogP contribution in [-0.4, -0.2) is 25.5 Å². The summed E-state index contributed by atoms with van der Waals surface area (Å²) in [6.07, 6.45) is 1.09. The lowest BCUT2D eigenvalue weighted by atomic mass is 10.1. The van der Waals surface area contributed by atoms with E-state index in [2.05, 4.69) is 50.4 Å². The minimum atomic E-state index is 0.421. The topological polar surface area (TPSA) is 21.3 Å². The number of ether oxygens (including phenoxy) is 1. The van der Waals surface area contributed by atoms with Gasteiger partial charge in [0.1, 0.15) is 0 Å². The highest BCUT2D eigenvalue weighted by Crippen LogP contribution is 2.27. The molecule has 1 aromatic carbocycles. The molecule has 18 heavy (non-hydrogen) atoms. The van der Waals surface area contributed by atoms with Crippen LogP contribution < -0.4 is 5.32 Å². The minimum Gasteiger partial charge on any atom is -0.385 e. The summed E-state index contributed by atoms with van der Waals surface area (Å²) < 4.78 is 5.12. The van der Waals surface area contributed by atoms with E-state index in [0.717, 1.165) is 19.6 Å². The average Bonchev–Trinajstić information content (AvgIpc) is 2.37. The number of hydrogen-bond donors (Lipinski definition) is 1. The van der Waals surface area contributed by atoms with E-state index in [9.17, 15) is 0 Å². The summed E-state index contributed by atoms with van der Waals surface area (Å²) in [5.74, 6) is 0. The van der Waals surface area contributed by atoms with Crippen LogP contribution in [0.25, 0.3) is 0 Å². The van der Waals surface area contributed by atoms with Gasteiger partial charge in [-0.1, -0.05) is 26.0 Å². The molecule has 102 valence electrons. The molecule has 0 saturated carbocycles. The first kappa shape index (κ1) is 15.5. The summed E-state index contributed by atoms with van der Waals surface area (Å²) in [6.45, 7) is 8.44. The number of thioether (sulfide) groups is 1. The third-order valence-electron chi connectivity index (χ3n) is 2.93. The first-order chi connectivity index (χ1) is 8.67. The van der Waals surface area contributed by atoms with Crippen molar-refractivity contribution in [3.05, 3.63) is 29.8 Å². The van der Waals surface area contributed by atoms with E-state index in [-0.39, 0.29) is 0 Å². The monoisotopic (exact) mass is 267 g/mol. The minimum absolute atomic E-state index is 0.421. The van der Waals surface area contributed by atoms with Crippen molar-refractivity contribution in [2.24, 2.45) is 0 Å². The van der Waals surface area contributed by atoms with Crippen LogP contribution in [0.2, 0.25) is 0 Å². The molecule has 0 fully saturated rings. The van der Waals surface area contributed by atoms with Gasteiger partial charge in [-0.15, -0.1) is 11.8 Å². The Morgan fingerprint density at radius 2 is 2.11 bits per heavy atom. The lowest BCUT2D eigenvalue weighted by Crippen LogP contribution is -2.17. The van der Waals surface area contributed by atoms with E-state index in [1.54, 1.807) is 7.11 Å². The summed E-state index contributed by atoms with van der Waals surface area (Å²) >= 11 is 1.93. The van der Waals surface area contributed by atoms with Crippen molar-refractivity contribution in [1.82, 2.24) is 5.32 Å². The Labute approximate surface area is 116 Å². The highest BCUT2D eigenvalue weighted by molar-refractivity contribution is 7.99. The zero-order valence-corrected chi connectivity index (χ0v) is 12.7. The second-order valence-electron chi connectivity index (χ2n) is 4.56. The average molecular weight is 267 g/mol. The van der Waals surface area contributed by atoms with Gasteiger partial charge in [0.05, 0.1) is 0 Å². The Hall–Kier alpha value is -0.510. The van der Waals surface area contributed by atoms with Crippen molar-refractivity contribution in [2.75, 3.05) is 20.3 Å². The number of nitrogens with one attached hydrogen (secondary N) is 1. The molecule has 1 aromatic rings. The molecule has 2 unspecified atom stereocenters. The van der Waals surface area contributed by atoms with Gasteiger partial charge in [0.2, 0.25) is 0 Å². The SMILES string of the molecule is CCNC(C)c1cccc(SC(C)CCOC)c1. The maximum Gasteiger partial charge on any atom is 0.0472 e. The quantitative estimate of drug-likeness (QED) is 0.722. The van der Waals surface area contributed by atoms with E-state index in [1.165, 1.54) is 10.5 Å². The molecule has 0 aromatic heterocycles. The third kappa shape index (κ3) is 5.42. The summed E-state index contributed by atoms with van der Waals surface area (Å²) in [6, 6.07) is 9.24. The van der Waals surface area contributed by atoms with Crippen molar-refractivity contribution in [3.63, 3.8) is 0 Å². The summed E-state index contributed by atoms with van der Waals surface area (Å²) in [4.78, 5) is 1.35. The van der Waals surface area contributed by atoms with Crippen molar-refractivity contribution in [2.45, 2.75) is 43.4 Å². The Morgan fingerprint density at radius 1 is 1.33 bits per heavy atom. The Bertz CT molecular complexity index is 343. The molecule has 0 amide bonds. The van der Waals surface area contributed by atoms with Crippen LogP contribution in [0.3, 0.4) is 0 Å². The molecule has 0 radical (unpaired) electrons. The van der Waals surface area contributed by atoms with Gasteiger partial charge in [-0.05, 0) is 37.6 Å². The molecule has 2 nitrogen and oxygen atoms in total. The number of benzene rings is 1. The number of methoxy groups -OCH3 is 1. The first-order valence-electron chi connectivity index (χ1n) is 6.66. The van der Waals surface area contributed by atoms with E-state index in [0.29, 0.717) is 11.3 Å². The molecule has 0 aliphatic carbocycles. The van der Waals surface area contributed by atoms with Crippen molar-refractivity contribution in [3.8, 4) is 0 Å². The molecule has 1 N–H and O–H groups in total. The van der Waals surface area contributed by atoms with Crippen LogP contribution in [0.5, 0.6) is 0 Å². The standard InChI is InChI=1S/C15H25NOS/c1-5-16-13(3)14-7-6-8-15(11-14)18-12(2)9-10-17-4/h6-8,11-13,16H,5,9-10H2,1-4H3. The fourth-order valence-corrected chi connectivity index (χ4v) is 2.90. The van der Waals surface area contributed by atoms with Crippen LogP contribution in [0.15, 0.2) is 29.2 Å². The van der Waals surface area contributed by atoms with Crippen LogP contribution in [0.1, 0.15) is 38.8 Å². The molecule has 0 heterocycles. The molecule has 0 bridgehead atoms. The first-order valence-corrected chi connectivity index (χ1v) is 7.54. The van der Waals surface area contributed by atoms with Gasteiger partial charge in [0, 0.05) is 29.9 Å². The van der Waals surface area contributed by atoms with Crippen LogP contribution in [-0.2, 0) is 4.74 Å². The van der Waals surface area contributed by atoms with Gasteiger partial charge in [0.25, 0.3) is 0 Å². The van der Waals surface area contributed by atoms with E-state index in [4.69, 9.17) is 4.74 Å². The highest BCUT2D eigenvalue weighted by atomic mass is 32.2. The molecule has 3 heteroatoms. The largest absolute Gasteiger partial charge is 0.385 e. The fraction of sp³-hybridized carbons (Fsp3) is 0.600. The third-order valence-corrected chi connectivity index (χ3v) is 4.10. The molecule has 0 spiro atoms. The smallest absolute Gasteiger partial charge is 0.0472 e. The molecule has 0 aliphatic heterocycles. The second-order valence-corrected chi connectivity index (χ2v) is 6.07. The lowest BCUT2D eigenvalue weighted by Gasteiger charge is -2.15. The number of rotatable bonds is 8. The summed E-state index contributed by atoms with van der Waals surface area (Å²) in [7, 11) is 1.76. The molecular weight excluding hydrogens is 242 g/mol. The maximum absolute atomic E-state index is 5.12. The molecule has 2 atom stereocenters. The van der Waals surface area contributed by atoms with Gasteiger partial charge in [-0.3, -0.25) is 0 Å². The van der Waals surface area contributed by atoms with Crippen molar-refractivity contribution in [1.29, 1.82) is 0 Å². The van der Waals surface area contributed by atoms with Crippen molar-refractivity contribution >= 4 is 11.8 Å². The van der Waals surface area contributed by atoms with Crippen LogP contribution in [0, 0.1) is 0 Å². The Kier molecular flexibility index (Phi) is 7.40. The predicted octanol–water partition coefficient (Wildman–Crippen LogP) is 3.87. The van der Waals surface area contributed by atoms with E-state index in [1.807, 2.05) is 11.8 Å². The molecule has 0 saturated heterocycles. The van der Waals surface area contributed by atoms with Gasteiger partial charge in [-0.2, -0.15) is 0 Å². The zero-order valence-electron chi connectivity index (χ0n) is 11.9. The van der Waals surface area contributed by atoms with Crippen LogP contribution >= 0.6 is 11.8 Å². The number of hydrogen-bond acceptors (Lipinski definition) is 3. The second kappa shape index (κ2) is 8.57. The maximum atomic E-state index is 5.12. The van der Waals surface area contributed by atoms with Gasteiger partial charge in [0.15, 0.2) is 0 Å². The van der Waals surface area contributed by atoms with E-state index < -0.39 is 0 Å². The van der Waals surface area contributed by atoms with Gasteiger partial charge in [-0.25, -0.2) is 0 Å². The van der Waals surface area contributed by atoms with Crippen molar-refractivity contribution < 1.29 is 4.74 Å². The molecule has 1 rings (SSSR count). The molecule has 0 aliphatic rings. The Balaban J connectivity index is 2.58. The summed E-state index contributed by atoms with van der Waals surface area (Å²) in [5, 5.41) is 4.04. The molecular formula is C15H25NOS. The van der Waals surface area contributed by atoms with Gasteiger partial charge < -0.3 is 10.1 Å². The normalized spacial score (nSPS) is 14.4. The zero-order chi connectivity index (χ0) is 13.4.